The molecule has 1 aliphatic heterocycles. The molecule has 14 heteroatoms. The number of hydrogen-bond acceptors (Lipinski definition) is 6. The van der Waals surface area contributed by atoms with Gasteiger partial charge in [-0.15, -0.1) is 0 Å². The zero-order valence-corrected chi connectivity index (χ0v) is 25.2. The van der Waals surface area contributed by atoms with Crippen molar-refractivity contribution in [2.24, 2.45) is 0 Å². The van der Waals surface area contributed by atoms with Gasteiger partial charge in [-0.05, 0) is 69.7 Å². The van der Waals surface area contributed by atoms with Gasteiger partial charge in [0.05, 0.1) is 34.7 Å². The molecule has 224 valence electrons. The highest BCUT2D eigenvalue weighted by Gasteiger charge is 2.36. The zero-order valence-electron chi connectivity index (χ0n) is 23.6. The van der Waals surface area contributed by atoms with Crippen molar-refractivity contribution in [3.63, 3.8) is 0 Å². The number of carbonyl (C=O) groups is 2. The number of aryl methyl sites for hydroxylation is 2. The highest BCUT2D eigenvalue weighted by atomic mass is 79.9. The standard InChI is InChI=1S/C29H27BrF3N7O3/c1-14-9-16(3)40(37-14)28-36-24-13-38(26(42)17-5-8-22(30)21(11-17)29(31,32)33)15(2)10-20(24)27(43)39(28)18-6-7-19(23(34)12-18)25(41)35-4/h5-9,11-12,15H,10,13,34H2,1-4H3,(H,35,41)/t15-/m1/s1. The number of nitrogen functional groups attached to an aromatic ring is 1. The summed E-state index contributed by atoms with van der Waals surface area (Å²) < 4.78 is 43.3. The molecule has 2 amide bonds. The number of nitrogens with two attached hydrogens (primary N) is 1. The summed E-state index contributed by atoms with van der Waals surface area (Å²) in [6, 6.07) is 9.21. The van der Waals surface area contributed by atoms with Crippen molar-refractivity contribution < 1.29 is 22.8 Å². The van der Waals surface area contributed by atoms with Crippen molar-refractivity contribution in [3.05, 3.63) is 96.6 Å². The van der Waals surface area contributed by atoms with Gasteiger partial charge in [-0.2, -0.15) is 18.3 Å². The van der Waals surface area contributed by atoms with Crippen LogP contribution in [0.1, 0.15) is 55.8 Å². The number of alkyl halides is 3. The normalized spacial score (nSPS) is 14.9. The average molecular weight is 658 g/mol. The first-order chi connectivity index (χ1) is 20.2. The van der Waals surface area contributed by atoms with Gasteiger partial charge in [0.25, 0.3) is 17.4 Å². The monoisotopic (exact) mass is 657 g/mol. The number of carbonyl (C=O) groups excluding carboxylic acids is 2. The first-order valence-corrected chi connectivity index (χ1v) is 14.0. The van der Waals surface area contributed by atoms with Gasteiger partial charge >= 0.3 is 6.18 Å². The molecule has 3 N–H and O–H groups in total. The van der Waals surface area contributed by atoms with Gasteiger partial charge in [0.15, 0.2) is 0 Å². The number of halogens is 4. The molecule has 0 fully saturated rings. The minimum absolute atomic E-state index is 0.104. The smallest absolute Gasteiger partial charge is 0.398 e. The quantitative estimate of drug-likeness (QED) is 0.314. The Balaban J connectivity index is 1.64. The van der Waals surface area contributed by atoms with Crippen LogP contribution in [-0.2, 0) is 19.1 Å². The van der Waals surface area contributed by atoms with E-state index in [1.165, 1.54) is 45.5 Å². The molecule has 0 spiro atoms. The van der Waals surface area contributed by atoms with Crippen molar-refractivity contribution in [2.75, 3.05) is 12.8 Å². The SMILES string of the molecule is CNC(=O)c1ccc(-n2c(-n3nc(C)cc3C)nc3c(c2=O)C[C@@H](C)N(C(=O)c2ccc(Br)c(C(F)(F)F)c2)C3)cc1N. The summed E-state index contributed by atoms with van der Waals surface area (Å²) in [4.78, 5) is 46.0. The Labute approximate surface area is 252 Å². The Hall–Kier alpha value is -4.46. The Morgan fingerprint density at radius 1 is 1.12 bits per heavy atom. The third kappa shape index (κ3) is 5.42. The molecule has 3 heterocycles. The first kappa shape index (κ1) is 30.0. The van der Waals surface area contributed by atoms with E-state index in [0.29, 0.717) is 28.3 Å². The van der Waals surface area contributed by atoms with E-state index in [2.05, 4.69) is 26.3 Å². The molecule has 0 saturated carbocycles. The summed E-state index contributed by atoms with van der Waals surface area (Å²) in [5, 5.41) is 7.02. The van der Waals surface area contributed by atoms with Crippen LogP contribution in [-0.4, -0.2) is 49.1 Å². The molecule has 0 radical (unpaired) electrons. The van der Waals surface area contributed by atoms with Gasteiger partial charge in [0, 0.05) is 40.1 Å². The number of anilines is 1. The molecule has 4 aromatic rings. The predicted octanol–water partition coefficient (Wildman–Crippen LogP) is 4.35. The Morgan fingerprint density at radius 3 is 2.44 bits per heavy atom. The molecule has 2 aromatic heterocycles. The van der Waals surface area contributed by atoms with Crippen LogP contribution in [0, 0.1) is 13.8 Å². The van der Waals surface area contributed by atoms with Crippen molar-refractivity contribution in [1.82, 2.24) is 29.5 Å². The van der Waals surface area contributed by atoms with E-state index >= 15 is 0 Å². The summed E-state index contributed by atoms with van der Waals surface area (Å²) in [7, 11) is 1.48. The van der Waals surface area contributed by atoms with Crippen LogP contribution in [0.5, 0.6) is 0 Å². The van der Waals surface area contributed by atoms with Crippen LogP contribution in [0.2, 0.25) is 0 Å². The van der Waals surface area contributed by atoms with E-state index < -0.39 is 29.2 Å². The zero-order chi connectivity index (χ0) is 31.4. The summed E-state index contributed by atoms with van der Waals surface area (Å²) in [5.41, 5.74) is 7.43. The molecule has 0 saturated heterocycles. The van der Waals surface area contributed by atoms with Crippen LogP contribution in [0.25, 0.3) is 11.6 Å². The third-order valence-corrected chi connectivity index (χ3v) is 8.03. The molecule has 0 bridgehead atoms. The number of fused-ring (bicyclic) bond motifs is 1. The minimum atomic E-state index is -4.65. The summed E-state index contributed by atoms with van der Waals surface area (Å²) in [6.45, 7) is 5.20. The summed E-state index contributed by atoms with van der Waals surface area (Å²) >= 11 is 2.91. The third-order valence-electron chi connectivity index (χ3n) is 7.34. The van der Waals surface area contributed by atoms with Gasteiger partial charge in [-0.1, -0.05) is 15.9 Å². The van der Waals surface area contributed by atoms with E-state index in [0.717, 1.165) is 6.07 Å². The van der Waals surface area contributed by atoms with Crippen molar-refractivity contribution in [3.8, 4) is 11.6 Å². The van der Waals surface area contributed by atoms with Crippen LogP contribution in [0.3, 0.4) is 0 Å². The fourth-order valence-corrected chi connectivity index (χ4v) is 5.67. The van der Waals surface area contributed by atoms with E-state index in [9.17, 15) is 27.6 Å². The molecular formula is C29H27BrF3N7O3. The van der Waals surface area contributed by atoms with Gasteiger partial charge in [-0.3, -0.25) is 14.4 Å². The van der Waals surface area contributed by atoms with Crippen molar-refractivity contribution >= 4 is 33.4 Å². The molecule has 43 heavy (non-hydrogen) atoms. The number of amides is 2. The second-order valence-electron chi connectivity index (χ2n) is 10.3. The lowest BCUT2D eigenvalue weighted by molar-refractivity contribution is -0.138. The largest absolute Gasteiger partial charge is 0.417 e. The second-order valence-corrected chi connectivity index (χ2v) is 11.2. The summed E-state index contributed by atoms with van der Waals surface area (Å²) in [5.74, 6) is -0.871. The maximum atomic E-state index is 14.1. The van der Waals surface area contributed by atoms with E-state index in [4.69, 9.17) is 10.7 Å². The molecule has 1 atom stereocenters. The molecule has 0 aliphatic carbocycles. The Bertz CT molecular complexity index is 1850. The van der Waals surface area contributed by atoms with Crippen LogP contribution in [0.4, 0.5) is 18.9 Å². The lowest BCUT2D eigenvalue weighted by Crippen LogP contribution is -2.46. The molecule has 1 aliphatic rings. The van der Waals surface area contributed by atoms with Crippen molar-refractivity contribution in [1.29, 1.82) is 0 Å². The number of benzene rings is 2. The minimum Gasteiger partial charge on any atom is -0.398 e. The second kappa shape index (κ2) is 11.0. The van der Waals surface area contributed by atoms with Crippen LogP contribution >= 0.6 is 15.9 Å². The summed E-state index contributed by atoms with van der Waals surface area (Å²) in [6.07, 6.45) is -4.54. The number of nitrogens with one attached hydrogen (secondary N) is 1. The van der Waals surface area contributed by atoms with E-state index in [1.54, 1.807) is 26.8 Å². The molecule has 2 aromatic carbocycles. The highest BCUT2D eigenvalue weighted by Crippen LogP contribution is 2.36. The van der Waals surface area contributed by atoms with Gasteiger partial charge < -0.3 is 16.0 Å². The first-order valence-electron chi connectivity index (χ1n) is 13.2. The average Bonchev–Trinajstić information content (AvgIpc) is 3.29. The number of aromatic nitrogens is 4. The van der Waals surface area contributed by atoms with Crippen molar-refractivity contribution in [2.45, 2.75) is 46.0 Å². The molecule has 10 nitrogen and oxygen atoms in total. The van der Waals surface area contributed by atoms with Crippen LogP contribution < -0.4 is 16.6 Å². The lowest BCUT2D eigenvalue weighted by atomic mass is 9.98. The lowest BCUT2D eigenvalue weighted by Gasteiger charge is -2.34. The topological polar surface area (TPSA) is 128 Å². The Morgan fingerprint density at radius 2 is 1.84 bits per heavy atom. The van der Waals surface area contributed by atoms with Gasteiger partial charge in [0.2, 0.25) is 5.95 Å². The van der Waals surface area contributed by atoms with E-state index in [1.807, 2.05) is 6.07 Å². The molecular weight excluding hydrogens is 631 g/mol. The van der Waals surface area contributed by atoms with E-state index in [-0.39, 0.29) is 46.1 Å². The molecule has 5 rings (SSSR count). The number of rotatable bonds is 4. The highest BCUT2D eigenvalue weighted by molar-refractivity contribution is 9.10. The maximum Gasteiger partial charge on any atom is 0.417 e. The fraction of sp³-hybridized carbons (Fsp3) is 0.276. The maximum absolute atomic E-state index is 14.1. The fourth-order valence-electron chi connectivity index (χ4n) is 5.20. The molecule has 0 unspecified atom stereocenters. The van der Waals surface area contributed by atoms with Crippen LogP contribution in [0.15, 0.2) is 51.7 Å². The van der Waals surface area contributed by atoms with Gasteiger partial charge in [0.1, 0.15) is 0 Å². The number of nitrogens with zero attached hydrogens (tertiary/aromatic N) is 5. The number of hydrogen-bond donors (Lipinski definition) is 2. The van der Waals surface area contributed by atoms with Gasteiger partial charge in [-0.25, -0.2) is 14.2 Å². The predicted molar refractivity (Wildman–Crippen MR) is 156 cm³/mol. The Kier molecular flexibility index (Phi) is 7.67.